The Morgan fingerprint density at radius 2 is 2.12 bits per heavy atom. The molecule has 0 aliphatic carbocycles. The first kappa shape index (κ1) is 14.0. The normalized spacial score (nSPS) is 13.1. The molecule has 2 nitrogen and oxygen atoms in total. The molecule has 16 heavy (non-hydrogen) atoms. The molecule has 0 bridgehead atoms. The molecule has 0 aliphatic heterocycles. The maximum absolute atomic E-state index is 6.11. The quantitative estimate of drug-likeness (QED) is 0.905. The van der Waals surface area contributed by atoms with Crippen molar-refractivity contribution in [2.24, 2.45) is 5.73 Å². The number of rotatable bonds is 5. The molecule has 1 aromatic carbocycles. The van der Waals surface area contributed by atoms with Crippen LogP contribution in [-0.2, 0) is 11.2 Å². The van der Waals surface area contributed by atoms with Gasteiger partial charge in [-0.2, -0.15) is 0 Å². The number of hydrogen-bond acceptors (Lipinski definition) is 2. The smallest absolute Gasteiger partial charge is 0.0624 e. The Balaban J connectivity index is 2.52. The standard InChI is InChI=1S/C12H17BrClNO/c1-8(2)16-7-11(15)5-9-3-4-10(13)6-12(9)14/h3-4,6,8,11H,5,7,15H2,1-2H3. The Hall–Kier alpha value is -0.0900. The van der Waals surface area contributed by atoms with Gasteiger partial charge in [-0.1, -0.05) is 33.6 Å². The van der Waals surface area contributed by atoms with E-state index >= 15 is 0 Å². The van der Waals surface area contributed by atoms with Crippen LogP contribution in [0.3, 0.4) is 0 Å². The molecule has 0 aromatic heterocycles. The molecule has 90 valence electrons. The molecule has 0 fully saturated rings. The average molecular weight is 307 g/mol. The molecule has 1 rings (SSSR count). The summed E-state index contributed by atoms with van der Waals surface area (Å²) < 4.78 is 6.44. The van der Waals surface area contributed by atoms with Crippen molar-refractivity contribution in [1.82, 2.24) is 0 Å². The molecule has 4 heteroatoms. The maximum Gasteiger partial charge on any atom is 0.0624 e. The summed E-state index contributed by atoms with van der Waals surface area (Å²) in [5, 5.41) is 0.745. The van der Waals surface area contributed by atoms with Gasteiger partial charge in [0, 0.05) is 15.5 Å². The first-order valence-corrected chi connectivity index (χ1v) is 6.47. The van der Waals surface area contributed by atoms with Crippen LogP contribution in [0.5, 0.6) is 0 Å². The fourth-order valence-corrected chi connectivity index (χ4v) is 2.10. The third kappa shape index (κ3) is 4.83. The maximum atomic E-state index is 6.11. The van der Waals surface area contributed by atoms with Crippen LogP contribution in [0.4, 0.5) is 0 Å². The van der Waals surface area contributed by atoms with Gasteiger partial charge in [-0.05, 0) is 38.0 Å². The van der Waals surface area contributed by atoms with Crippen LogP contribution in [0.1, 0.15) is 19.4 Å². The third-order valence-electron chi connectivity index (χ3n) is 2.14. The zero-order valence-electron chi connectivity index (χ0n) is 9.54. The van der Waals surface area contributed by atoms with Gasteiger partial charge in [0.25, 0.3) is 0 Å². The molecule has 2 N–H and O–H groups in total. The molecular formula is C12H17BrClNO. The van der Waals surface area contributed by atoms with Crippen LogP contribution in [0, 0.1) is 0 Å². The number of hydrogen-bond donors (Lipinski definition) is 1. The lowest BCUT2D eigenvalue weighted by molar-refractivity contribution is 0.0684. The van der Waals surface area contributed by atoms with Crippen LogP contribution in [-0.4, -0.2) is 18.8 Å². The van der Waals surface area contributed by atoms with Crippen molar-refractivity contribution >= 4 is 27.5 Å². The Morgan fingerprint density at radius 1 is 1.44 bits per heavy atom. The number of halogens is 2. The second kappa shape index (κ2) is 6.60. The summed E-state index contributed by atoms with van der Waals surface area (Å²) in [6.45, 7) is 4.56. The van der Waals surface area contributed by atoms with Crippen molar-refractivity contribution < 1.29 is 4.74 Å². The minimum Gasteiger partial charge on any atom is -0.377 e. The van der Waals surface area contributed by atoms with Crippen molar-refractivity contribution in [1.29, 1.82) is 0 Å². The number of benzene rings is 1. The zero-order valence-corrected chi connectivity index (χ0v) is 11.9. The van der Waals surface area contributed by atoms with Crippen LogP contribution in [0.15, 0.2) is 22.7 Å². The van der Waals surface area contributed by atoms with E-state index in [1.54, 1.807) is 0 Å². The monoisotopic (exact) mass is 305 g/mol. The van der Waals surface area contributed by atoms with Crippen molar-refractivity contribution in [2.75, 3.05) is 6.61 Å². The van der Waals surface area contributed by atoms with Gasteiger partial charge in [-0.3, -0.25) is 0 Å². The molecular weight excluding hydrogens is 289 g/mol. The fourth-order valence-electron chi connectivity index (χ4n) is 1.34. The van der Waals surface area contributed by atoms with Gasteiger partial charge in [-0.25, -0.2) is 0 Å². The lowest BCUT2D eigenvalue weighted by atomic mass is 10.1. The summed E-state index contributed by atoms with van der Waals surface area (Å²) in [6, 6.07) is 5.83. The number of ether oxygens (including phenoxy) is 1. The predicted octanol–water partition coefficient (Wildman–Crippen LogP) is 3.40. The van der Waals surface area contributed by atoms with Crippen LogP contribution < -0.4 is 5.73 Å². The van der Waals surface area contributed by atoms with Gasteiger partial charge in [0.1, 0.15) is 0 Å². The molecule has 0 amide bonds. The molecule has 1 unspecified atom stereocenters. The highest BCUT2D eigenvalue weighted by atomic mass is 79.9. The SMILES string of the molecule is CC(C)OCC(N)Cc1ccc(Br)cc1Cl. The average Bonchev–Trinajstić information content (AvgIpc) is 2.19. The lowest BCUT2D eigenvalue weighted by Crippen LogP contribution is -2.30. The van der Waals surface area contributed by atoms with Crippen molar-refractivity contribution in [3.8, 4) is 0 Å². The highest BCUT2D eigenvalue weighted by Crippen LogP contribution is 2.22. The van der Waals surface area contributed by atoms with Gasteiger partial charge in [0.05, 0.1) is 12.7 Å². The minimum atomic E-state index is -0.0129. The summed E-state index contributed by atoms with van der Waals surface area (Å²) in [5.74, 6) is 0. The Labute approximate surface area is 110 Å². The first-order chi connectivity index (χ1) is 7.49. The molecule has 0 spiro atoms. The molecule has 0 saturated heterocycles. The van der Waals surface area contributed by atoms with Gasteiger partial charge in [0.2, 0.25) is 0 Å². The Kier molecular flexibility index (Phi) is 5.76. The van der Waals surface area contributed by atoms with E-state index in [2.05, 4.69) is 15.9 Å². The second-order valence-electron chi connectivity index (χ2n) is 4.08. The molecule has 0 radical (unpaired) electrons. The van der Waals surface area contributed by atoms with E-state index in [1.165, 1.54) is 0 Å². The molecule has 1 aromatic rings. The Morgan fingerprint density at radius 3 is 2.69 bits per heavy atom. The van der Waals surface area contributed by atoms with Gasteiger partial charge in [0.15, 0.2) is 0 Å². The van der Waals surface area contributed by atoms with E-state index in [4.69, 9.17) is 22.1 Å². The predicted molar refractivity (Wildman–Crippen MR) is 71.9 cm³/mol. The topological polar surface area (TPSA) is 35.2 Å². The summed E-state index contributed by atoms with van der Waals surface area (Å²) in [6.07, 6.45) is 0.949. The molecule has 1 atom stereocenters. The van der Waals surface area contributed by atoms with E-state index in [1.807, 2.05) is 32.0 Å². The van der Waals surface area contributed by atoms with Crippen molar-refractivity contribution in [2.45, 2.75) is 32.4 Å². The van der Waals surface area contributed by atoms with E-state index in [0.29, 0.717) is 6.61 Å². The molecule has 0 heterocycles. The number of nitrogens with two attached hydrogens (primary N) is 1. The van der Waals surface area contributed by atoms with Gasteiger partial charge >= 0.3 is 0 Å². The van der Waals surface area contributed by atoms with Crippen molar-refractivity contribution in [3.05, 3.63) is 33.3 Å². The zero-order chi connectivity index (χ0) is 12.1. The van der Waals surface area contributed by atoms with Gasteiger partial charge in [-0.15, -0.1) is 0 Å². The summed E-state index contributed by atoms with van der Waals surface area (Å²) in [7, 11) is 0. The molecule has 0 saturated carbocycles. The lowest BCUT2D eigenvalue weighted by Gasteiger charge is -2.15. The van der Waals surface area contributed by atoms with Gasteiger partial charge < -0.3 is 10.5 Å². The largest absolute Gasteiger partial charge is 0.377 e. The van der Waals surface area contributed by atoms with Crippen molar-refractivity contribution in [3.63, 3.8) is 0 Å². The van der Waals surface area contributed by atoms with Crippen LogP contribution >= 0.6 is 27.5 Å². The first-order valence-electron chi connectivity index (χ1n) is 5.30. The van der Waals surface area contributed by atoms with Crippen LogP contribution in [0.25, 0.3) is 0 Å². The highest BCUT2D eigenvalue weighted by Gasteiger charge is 2.08. The Bertz CT molecular complexity index is 344. The van der Waals surface area contributed by atoms with E-state index in [-0.39, 0.29) is 12.1 Å². The summed E-state index contributed by atoms with van der Waals surface area (Å²) >= 11 is 9.48. The summed E-state index contributed by atoms with van der Waals surface area (Å²) in [4.78, 5) is 0. The third-order valence-corrected chi connectivity index (χ3v) is 2.99. The summed E-state index contributed by atoms with van der Waals surface area (Å²) in [5.41, 5.74) is 7.03. The van der Waals surface area contributed by atoms with E-state index < -0.39 is 0 Å². The molecule has 0 aliphatic rings. The second-order valence-corrected chi connectivity index (χ2v) is 5.40. The van der Waals surface area contributed by atoms with E-state index in [0.717, 1.165) is 21.5 Å². The van der Waals surface area contributed by atoms with E-state index in [9.17, 15) is 0 Å². The minimum absolute atomic E-state index is 0.0129. The van der Waals surface area contributed by atoms with Crippen LogP contribution in [0.2, 0.25) is 5.02 Å². The highest BCUT2D eigenvalue weighted by molar-refractivity contribution is 9.10. The fraction of sp³-hybridized carbons (Fsp3) is 0.500.